The molecule has 138 valence electrons. The van der Waals surface area contributed by atoms with Crippen LogP contribution in [0.25, 0.3) is 11.3 Å². The first-order valence-electron chi connectivity index (χ1n) is 9.09. The van der Waals surface area contributed by atoms with Crippen LogP contribution in [0, 0.1) is 0 Å². The zero-order valence-electron chi connectivity index (χ0n) is 15.0. The lowest BCUT2D eigenvalue weighted by molar-refractivity contribution is -0.120. The minimum absolute atomic E-state index is 0.0640. The summed E-state index contributed by atoms with van der Waals surface area (Å²) in [5.41, 5.74) is 9.59. The Kier molecular flexibility index (Phi) is 5.18. The Morgan fingerprint density at radius 2 is 1.96 bits per heavy atom. The van der Waals surface area contributed by atoms with Crippen molar-refractivity contribution in [3.8, 4) is 11.3 Å². The van der Waals surface area contributed by atoms with E-state index in [1.54, 1.807) is 0 Å². The summed E-state index contributed by atoms with van der Waals surface area (Å²) in [6.07, 6.45) is 1.95. The fourth-order valence-corrected chi connectivity index (χ4v) is 4.07. The van der Waals surface area contributed by atoms with Gasteiger partial charge in [0, 0.05) is 23.2 Å². The van der Waals surface area contributed by atoms with Gasteiger partial charge in [-0.05, 0) is 37.1 Å². The van der Waals surface area contributed by atoms with Gasteiger partial charge in [0.1, 0.15) is 0 Å². The molecule has 27 heavy (non-hydrogen) atoms. The average molecular weight is 379 g/mol. The molecular weight excluding hydrogens is 356 g/mol. The Hall–Kier alpha value is -2.70. The number of nitrogens with one attached hydrogen (secondary N) is 1. The highest BCUT2D eigenvalue weighted by Crippen LogP contribution is 2.25. The minimum atomic E-state index is -0.0804. The van der Waals surface area contributed by atoms with Crippen molar-refractivity contribution >= 4 is 28.1 Å². The smallest absolute Gasteiger partial charge is 0.241 e. The van der Waals surface area contributed by atoms with E-state index in [0.29, 0.717) is 5.13 Å². The second-order valence-electron chi connectivity index (χ2n) is 6.75. The molecule has 5 nitrogen and oxygen atoms in total. The third-order valence-electron chi connectivity index (χ3n) is 4.86. The fraction of sp³-hybridized carbons (Fsp3) is 0.238. The number of carbonyl (C=O) groups excluding carboxylic acids is 1. The summed E-state index contributed by atoms with van der Waals surface area (Å²) in [5, 5.41) is 5.55. The van der Waals surface area contributed by atoms with Gasteiger partial charge in [0.25, 0.3) is 0 Å². The van der Waals surface area contributed by atoms with Crippen molar-refractivity contribution in [1.29, 1.82) is 0 Å². The van der Waals surface area contributed by atoms with Crippen molar-refractivity contribution in [1.82, 2.24) is 9.88 Å². The largest absolute Gasteiger partial charge is 0.375 e. The number of hydrogen-bond acceptors (Lipinski definition) is 5. The number of rotatable bonds is 5. The molecule has 0 saturated carbocycles. The predicted molar refractivity (Wildman–Crippen MR) is 110 cm³/mol. The number of hydrogen-bond donors (Lipinski definition) is 2. The van der Waals surface area contributed by atoms with Crippen molar-refractivity contribution < 1.29 is 4.79 Å². The van der Waals surface area contributed by atoms with Crippen LogP contribution in [0.4, 0.5) is 10.8 Å². The van der Waals surface area contributed by atoms with Crippen molar-refractivity contribution in [2.45, 2.75) is 25.4 Å². The van der Waals surface area contributed by atoms with Gasteiger partial charge >= 0.3 is 0 Å². The van der Waals surface area contributed by atoms with Gasteiger partial charge in [-0.3, -0.25) is 9.69 Å². The van der Waals surface area contributed by atoms with E-state index in [9.17, 15) is 4.79 Å². The maximum atomic E-state index is 12.8. The SMILES string of the molecule is Nc1nc(-c2ccc(NC(=O)[C@@H]3CCCN3Cc3ccccc3)cc2)cs1. The minimum Gasteiger partial charge on any atom is -0.375 e. The maximum Gasteiger partial charge on any atom is 0.241 e. The Labute approximate surface area is 162 Å². The summed E-state index contributed by atoms with van der Waals surface area (Å²) < 4.78 is 0. The van der Waals surface area contributed by atoms with Crippen LogP contribution in [0.3, 0.4) is 0 Å². The Balaban J connectivity index is 1.40. The molecule has 0 radical (unpaired) electrons. The normalized spacial score (nSPS) is 17.1. The summed E-state index contributed by atoms with van der Waals surface area (Å²) in [6, 6.07) is 18.0. The third-order valence-corrected chi connectivity index (χ3v) is 5.54. The average Bonchev–Trinajstić information content (AvgIpc) is 3.32. The lowest BCUT2D eigenvalue weighted by Gasteiger charge is -2.23. The van der Waals surface area contributed by atoms with Crippen LogP contribution < -0.4 is 11.1 Å². The molecule has 0 spiro atoms. The van der Waals surface area contributed by atoms with Crippen LogP contribution in [-0.4, -0.2) is 28.4 Å². The van der Waals surface area contributed by atoms with E-state index in [2.05, 4.69) is 27.3 Å². The monoisotopic (exact) mass is 378 g/mol. The van der Waals surface area contributed by atoms with E-state index in [1.165, 1.54) is 16.9 Å². The van der Waals surface area contributed by atoms with E-state index in [1.807, 2.05) is 47.8 Å². The molecule has 0 bridgehead atoms. The molecule has 0 unspecified atom stereocenters. The fourth-order valence-electron chi connectivity index (χ4n) is 3.50. The van der Waals surface area contributed by atoms with E-state index in [-0.39, 0.29) is 11.9 Å². The summed E-state index contributed by atoms with van der Waals surface area (Å²) in [5.74, 6) is 0.0640. The Bertz CT molecular complexity index is 907. The molecule has 1 fully saturated rings. The molecule has 1 amide bonds. The number of likely N-dealkylation sites (tertiary alicyclic amines) is 1. The number of nitrogens with zero attached hydrogens (tertiary/aromatic N) is 2. The molecule has 1 saturated heterocycles. The first kappa shape index (κ1) is 17.7. The van der Waals surface area contributed by atoms with Gasteiger partial charge in [-0.15, -0.1) is 11.3 Å². The maximum absolute atomic E-state index is 12.8. The molecule has 3 aromatic rings. The molecule has 1 atom stereocenters. The van der Waals surface area contributed by atoms with Crippen molar-refractivity contribution in [2.24, 2.45) is 0 Å². The van der Waals surface area contributed by atoms with Gasteiger partial charge in [-0.2, -0.15) is 0 Å². The summed E-state index contributed by atoms with van der Waals surface area (Å²) >= 11 is 1.42. The molecule has 4 rings (SSSR count). The van der Waals surface area contributed by atoms with Crippen molar-refractivity contribution in [3.63, 3.8) is 0 Å². The number of benzene rings is 2. The third kappa shape index (κ3) is 4.18. The first-order chi connectivity index (χ1) is 13.2. The molecular formula is C21H22N4OS. The van der Waals surface area contributed by atoms with Crippen molar-refractivity contribution in [2.75, 3.05) is 17.6 Å². The van der Waals surface area contributed by atoms with Gasteiger partial charge in [-0.1, -0.05) is 42.5 Å². The summed E-state index contributed by atoms with van der Waals surface area (Å²) in [4.78, 5) is 19.3. The zero-order chi connectivity index (χ0) is 18.6. The van der Waals surface area contributed by atoms with Gasteiger partial charge < -0.3 is 11.1 Å². The van der Waals surface area contributed by atoms with Crippen LogP contribution in [0.2, 0.25) is 0 Å². The quantitative estimate of drug-likeness (QED) is 0.704. The molecule has 0 aliphatic carbocycles. The number of carbonyl (C=O) groups is 1. The highest BCUT2D eigenvalue weighted by Gasteiger charge is 2.30. The topological polar surface area (TPSA) is 71.2 Å². The number of nitrogens with two attached hydrogens (primary N) is 1. The highest BCUT2D eigenvalue weighted by molar-refractivity contribution is 7.13. The molecule has 1 aliphatic heterocycles. The van der Waals surface area contributed by atoms with Crippen LogP contribution in [0.1, 0.15) is 18.4 Å². The lowest BCUT2D eigenvalue weighted by Crippen LogP contribution is -2.39. The Morgan fingerprint density at radius 3 is 2.67 bits per heavy atom. The number of thiazole rings is 1. The second-order valence-corrected chi connectivity index (χ2v) is 7.64. The van der Waals surface area contributed by atoms with Gasteiger partial charge in [0.15, 0.2) is 5.13 Å². The van der Waals surface area contributed by atoms with Gasteiger partial charge in [0.2, 0.25) is 5.91 Å². The molecule has 6 heteroatoms. The van der Waals surface area contributed by atoms with E-state index in [4.69, 9.17) is 5.73 Å². The van der Waals surface area contributed by atoms with Gasteiger partial charge in [-0.25, -0.2) is 4.98 Å². The predicted octanol–water partition coefficient (Wildman–Crippen LogP) is 4.00. The molecule has 1 aliphatic rings. The second kappa shape index (κ2) is 7.90. The first-order valence-corrected chi connectivity index (χ1v) is 9.97. The van der Waals surface area contributed by atoms with Crippen LogP contribution in [-0.2, 0) is 11.3 Å². The van der Waals surface area contributed by atoms with E-state index in [0.717, 1.165) is 42.9 Å². The summed E-state index contributed by atoms with van der Waals surface area (Å²) in [6.45, 7) is 1.76. The molecule has 2 aromatic carbocycles. The van der Waals surface area contributed by atoms with Crippen molar-refractivity contribution in [3.05, 3.63) is 65.5 Å². The number of nitrogen functional groups attached to an aromatic ring is 1. The Morgan fingerprint density at radius 1 is 1.19 bits per heavy atom. The van der Waals surface area contributed by atoms with Crippen LogP contribution >= 0.6 is 11.3 Å². The molecule has 1 aromatic heterocycles. The highest BCUT2D eigenvalue weighted by atomic mass is 32.1. The number of amides is 1. The van der Waals surface area contributed by atoms with E-state index >= 15 is 0 Å². The van der Waals surface area contributed by atoms with Gasteiger partial charge in [0.05, 0.1) is 11.7 Å². The lowest BCUT2D eigenvalue weighted by atomic mass is 10.1. The number of anilines is 2. The standard InChI is InChI=1S/C21H22N4OS/c22-21-24-18(14-27-21)16-8-10-17(11-9-16)23-20(26)19-7-4-12-25(19)13-15-5-2-1-3-6-15/h1-3,5-6,8-11,14,19H,4,7,12-13H2,(H2,22,24)(H,23,26)/t19-/m0/s1. The summed E-state index contributed by atoms with van der Waals surface area (Å²) in [7, 11) is 0. The van der Waals surface area contributed by atoms with E-state index < -0.39 is 0 Å². The molecule has 2 heterocycles. The number of aromatic nitrogens is 1. The van der Waals surface area contributed by atoms with Crippen LogP contribution in [0.5, 0.6) is 0 Å². The zero-order valence-corrected chi connectivity index (χ0v) is 15.8. The van der Waals surface area contributed by atoms with Crippen LogP contribution in [0.15, 0.2) is 60.0 Å². The molecule has 3 N–H and O–H groups in total.